The summed E-state index contributed by atoms with van der Waals surface area (Å²) in [7, 11) is 1.38. The van der Waals surface area contributed by atoms with Crippen LogP contribution in [0, 0.1) is 40.9 Å². The first-order valence-electron chi connectivity index (χ1n) is 18.4. The monoisotopic (exact) mass is 683 g/mol. The summed E-state index contributed by atoms with van der Waals surface area (Å²) in [5.74, 6) is 7.13. The number of methoxy groups -OCH3 is 1. The van der Waals surface area contributed by atoms with Gasteiger partial charge in [-0.05, 0) is 122 Å². The van der Waals surface area contributed by atoms with Gasteiger partial charge in [0.1, 0.15) is 10.5 Å². The molecule has 1 saturated heterocycles. The molecule has 4 aliphatic rings. The zero-order valence-corrected chi connectivity index (χ0v) is 30.9. The topological polar surface area (TPSA) is 91.4 Å². The van der Waals surface area contributed by atoms with Crippen LogP contribution in [0.25, 0.3) is 0 Å². The summed E-state index contributed by atoms with van der Waals surface area (Å²) in [6.07, 6.45) is 10.8. The average molecular weight is 684 g/mol. The summed E-state index contributed by atoms with van der Waals surface area (Å²) in [5, 5.41) is 0. The lowest BCUT2D eigenvalue weighted by Gasteiger charge is -2.44. The van der Waals surface area contributed by atoms with E-state index in [9.17, 15) is 14.4 Å². The predicted octanol–water partition coefficient (Wildman–Crippen LogP) is 7.95. The summed E-state index contributed by atoms with van der Waals surface area (Å²) < 4.78 is 23.6. The van der Waals surface area contributed by atoms with Crippen molar-refractivity contribution in [3.05, 3.63) is 15.8 Å². The summed E-state index contributed by atoms with van der Waals surface area (Å²) >= 11 is 1.29. The Morgan fingerprint density at radius 3 is 2.12 bits per heavy atom. The SMILES string of the molecule is COC(=O)c1sc(C#CC(C)(C)C)cc1N(C(=O)C1CCC(C)CC1)C1CCC(CO[C@H]2CCOC2)(OC(=O)C2CCC(C)CC2)CC1. The largest absolute Gasteiger partial charge is 0.465 e. The molecule has 1 aliphatic heterocycles. The van der Waals surface area contributed by atoms with Crippen LogP contribution < -0.4 is 4.90 Å². The Balaban J connectivity index is 1.43. The van der Waals surface area contributed by atoms with Crippen molar-refractivity contribution in [2.45, 2.75) is 136 Å². The minimum Gasteiger partial charge on any atom is -0.465 e. The van der Waals surface area contributed by atoms with E-state index in [1.165, 1.54) is 18.4 Å². The Morgan fingerprint density at radius 2 is 1.56 bits per heavy atom. The number of amides is 1. The molecule has 3 aliphatic carbocycles. The lowest BCUT2D eigenvalue weighted by molar-refractivity contribution is -0.181. The average Bonchev–Trinajstić information content (AvgIpc) is 3.74. The van der Waals surface area contributed by atoms with Crippen molar-refractivity contribution >= 4 is 34.9 Å². The molecule has 5 rings (SSSR count). The molecule has 1 amide bonds. The number of esters is 2. The second kappa shape index (κ2) is 16.1. The van der Waals surface area contributed by atoms with E-state index in [4.69, 9.17) is 18.9 Å². The number of hydrogen-bond acceptors (Lipinski definition) is 8. The maximum Gasteiger partial charge on any atom is 0.350 e. The van der Waals surface area contributed by atoms with Gasteiger partial charge < -0.3 is 23.8 Å². The zero-order valence-electron chi connectivity index (χ0n) is 30.1. The van der Waals surface area contributed by atoms with Gasteiger partial charge in [-0.25, -0.2) is 4.79 Å². The van der Waals surface area contributed by atoms with Crippen LogP contribution in [0.4, 0.5) is 5.69 Å². The van der Waals surface area contributed by atoms with Crippen LogP contribution in [-0.4, -0.2) is 62.5 Å². The van der Waals surface area contributed by atoms with E-state index in [0.717, 1.165) is 62.7 Å². The predicted molar refractivity (Wildman–Crippen MR) is 188 cm³/mol. The fourth-order valence-electron chi connectivity index (χ4n) is 7.68. The van der Waals surface area contributed by atoms with Gasteiger partial charge in [0, 0.05) is 24.0 Å². The Hall–Kier alpha value is -2.41. The molecule has 9 heteroatoms. The van der Waals surface area contributed by atoms with E-state index in [0.29, 0.717) is 67.9 Å². The molecule has 4 fully saturated rings. The van der Waals surface area contributed by atoms with E-state index < -0.39 is 11.6 Å². The Labute approximate surface area is 292 Å². The molecular weight excluding hydrogens is 626 g/mol. The molecular formula is C39H57NO7S. The van der Waals surface area contributed by atoms with Crippen molar-refractivity contribution in [1.82, 2.24) is 0 Å². The Kier molecular flexibility index (Phi) is 12.3. The summed E-state index contributed by atoms with van der Waals surface area (Å²) in [6, 6.07) is 1.75. The molecule has 1 atom stereocenters. The van der Waals surface area contributed by atoms with Crippen molar-refractivity contribution < 1.29 is 33.3 Å². The van der Waals surface area contributed by atoms with Crippen LogP contribution in [0.3, 0.4) is 0 Å². The van der Waals surface area contributed by atoms with E-state index in [1.807, 2.05) is 11.0 Å². The van der Waals surface area contributed by atoms with E-state index >= 15 is 0 Å². The molecule has 266 valence electrons. The van der Waals surface area contributed by atoms with Crippen molar-refractivity contribution in [2.24, 2.45) is 29.1 Å². The van der Waals surface area contributed by atoms with Gasteiger partial charge in [0.2, 0.25) is 5.91 Å². The lowest BCUT2D eigenvalue weighted by atomic mass is 9.79. The van der Waals surface area contributed by atoms with Crippen molar-refractivity contribution in [2.75, 3.05) is 31.8 Å². The van der Waals surface area contributed by atoms with Gasteiger partial charge in [0.05, 0.1) is 42.9 Å². The van der Waals surface area contributed by atoms with Gasteiger partial charge in [0.25, 0.3) is 0 Å². The van der Waals surface area contributed by atoms with Crippen LogP contribution in [0.5, 0.6) is 0 Å². The third-order valence-electron chi connectivity index (χ3n) is 10.9. The fraction of sp³-hybridized carbons (Fsp3) is 0.769. The molecule has 48 heavy (non-hydrogen) atoms. The zero-order chi connectivity index (χ0) is 34.5. The first-order valence-corrected chi connectivity index (χ1v) is 19.2. The number of thiophene rings is 1. The van der Waals surface area contributed by atoms with Crippen molar-refractivity contribution in [3.63, 3.8) is 0 Å². The summed E-state index contributed by atoms with van der Waals surface area (Å²) in [6.45, 7) is 12.2. The van der Waals surface area contributed by atoms with Gasteiger partial charge in [-0.3, -0.25) is 9.59 Å². The molecule has 2 heterocycles. The number of ether oxygens (including phenoxy) is 4. The minimum atomic E-state index is -0.753. The normalized spacial score (nSPS) is 31.0. The standard InChI is InChI=1S/C39H57NO7S/c1-26-7-11-28(12-8-26)35(41)40(33-23-32(17-19-38(3,4)5)48-34(33)37(43)44-6)30-15-20-39(21-16-30,25-46-31-18-22-45-24-31)47-36(42)29-13-9-27(2)10-14-29/h23,26-31H,7-16,18,20-22,24-25H2,1-6H3/t26?,27?,28?,29?,30?,31-,39?/m0/s1. The Bertz CT molecular complexity index is 1320. The van der Waals surface area contributed by atoms with Gasteiger partial charge in [0.15, 0.2) is 0 Å². The summed E-state index contributed by atoms with van der Waals surface area (Å²) in [4.78, 5) is 44.5. The van der Waals surface area contributed by atoms with Crippen molar-refractivity contribution in [3.8, 4) is 11.8 Å². The van der Waals surface area contributed by atoms with Gasteiger partial charge >= 0.3 is 11.9 Å². The second-order valence-electron chi connectivity index (χ2n) is 16.1. The second-order valence-corrected chi connectivity index (χ2v) is 17.1. The molecule has 3 saturated carbocycles. The highest BCUT2D eigenvalue weighted by molar-refractivity contribution is 7.15. The van der Waals surface area contributed by atoms with Crippen LogP contribution in [0.15, 0.2) is 6.07 Å². The molecule has 0 radical (unpaired) electrons. The quantitative estimate of drug-likeness (QED) is 0.193. The first-order chi connectivity index (χ1) is 22.9. The molecule has 0 unspecified atom stereocenters. The number of anilines is 1. The minimum absolute atomic E-state index is 0.00153. The molecule has 0 spiro atoms. The Morgan fingerprint density at radius 1 is 0.938 bits per heavy atom. The van der Waals surface area contributed by atoms with Gasteiger partial charge in [-0.2, -0.15) is 0 Å². The van der Waals surface area contributed by atoms with E-state index in [2.05, 4.69) is 46.5 Å². The highest BCUT2D eigenvalue weighted by atomic mass is 32.1. The number of nitrogens with zero attached hydrogens (tertiary/aromatic N) is 1. The number of hydrogen-bond donors (Lipinski definition) is 0. The third-order valence-corrected chi connectivity index (χ3v) is 11.9. The maximum atomic E-state index is 14.6. The molecule has 1 aromatic rings. The van der Waals surface area contributed by atoms with Crippen LogP contribution in [0.1, 0.15) is 133 Å². The van der Waals surface area contributed by atoms with Gasteiger partial charge in [-0.15, -0.1) is 11.3 Å². The molecule has 0 bridgehead atoms. The molecule has 8 nitrogen and oxygen atoms in total. The highest BCUT2D eigenvalue weighted by Gasteiger charge is 2.45. The highest BCUT2D eigenvalue weighted by Crippen LogP contribution is 2.43. The fourth-order valence-corrected chi connectivity index (χ4v) is 8.60. The van der Waals surface area contributed by atoms with Gasteiger partial charge in [-0.1, -0.05) is 25.7 Å². The van der Waals surface area contributed by atoms with E-state index in [1.54, 1.807) is 0 Å². The number of rotatable bonds is 9. The maximum absolute atomic E-state index is 14.6. The van der Waals surface area contributed by atoms with Crippen LogP contribution >= 0.6 is 11.3 Å². The van der Waals surface area contributed by atoms with Crippen LogP contribution in [-0.2, 0) is 28.5 Å². The van der Waals surface area contributed by atoms with E-state index in [-0.39, 0.29) is 41.3 Å². The molecule has 0 aromatic carbocycles. The molecule has 0 N–H and O–H groups in total. The summed E-state index contributed by atoms with van der Waals surface area (Å²) in [5.41, 5.74) is -0.368. The lowest BCUT2D eigenvalue weighted by Crippen LogP contribution is -2.52. The smallest absolute Gasteiger partial charge is 0.350 e. The van der Waals surface area contributed by atoms with Crippen LogP contribution in [0.2, 0.25) is 0 Å². The number of carbonyl (C=O) groups is 3. The van der Waals surface area contributed by atoms with Crippen molar-refractivity contribution in [1.29, 1.82) is 0 Å². The molecule has 1 aromatic heterocycles. The number of carbonyl (C=O) groups excluding carboxylic acids is 3. The third kappa shape index (κ3) is 9.43. The first kappa shape index (κ1) is 36.9.